The van der Waals surface area contributed by atoms with Crippen molar-refractivity contribution in [3.63, 3.8) is 0 Å². The largest absolute Gasteiger partial charge is 0.481 e. The van der Waals surface area contributed by atoms with Crippen LogP contribution < -0.4 is 0 Å². The van der Waals surface area contributed by atoms with E-state index in [0.717, 1.165) is 11.6 Å². The molecule has 0 fully saturated rings. The van der Waals surface area contributed by atoms with E-state index in [0.29, 0.717) is 25.9 Å². The highest BCUT2D eigenvalue weighted by Crippen LogP contribution is 2.20. The van der Waals surface area contributed by atoms with Crippen molar-refractivity contribution in [1.82, 2.24) is 29.5 Å². The second-order valence-corrected chi connectivity index (χ2v) is 4.31. The molecule has 2 aromatic heterocycles. The highest BCUT2D eigenvalue weighted by Gasteiger charge is 2.27. The monoisotopic (exact) mass is 248 g/mol. The first-order valence-electron chi connectivity index (χ1n) is 5.70. The first-order valence-corrected chi connectivity index (χ1v) is 5.70. The van der Waals surface area contributed by atoms with Gasteiger partial charge < -0.3 is 9.67 Å². The van der Waals surface area contributed by atoms with Crippen LogP contribution in [-0.4, -0.2) is 40.6 Å². The van der Waals surface area contributed by atoms with Gasteiger partial charge in [0.15, 0.2) is 5.82 Å². The Morgan fingerprint density at radius 1 is 1.50 bits per heavy atom. The maximum atomic E-state index is 11.0. The van der Waals surface area contributed by atoms with E-state index in [1.807, 2.05) is 4.57 Å². The minimum atomic E-state index is -0.763. The Hall–Kier alpha value is -2.25. The molecule has 8 nitrogen and oxygen atoms in total. The van der Waals surface area contributed by atoms with Crippen molar-refractivity contribution in [1.29, 1.82) is 0 Å². The molecule has 0 aromatic carbocycles. The lowest BCUT2D eigenvalue weighted by atomic mass is 10.00. The van der Waals surface area contributed by atoms with Gasteiger partial charge >= 0.3 is 5.97 Å². The summed E-state index contributed by atoms with van der Waals surface area (Å²) in [6, 6.07) is 0. The number of aryl methyl sites for hydroxylation is 1. The Morgan fingerprint density at radius 3 is 3.11 bits per heavy atom. The number of aliphatic carboxylic acids is 1. The molecule has 0 aliphatic carbocycles. The maximum Gasteiger partial charge on any atom is 0.308 e. The Morgan fingerprint density at radius 2 is 2.39 bits per heavy atom. The first-order chi connectivity index (χ1) is 8.74. The maximum absolute atomic E-state index is 11.0. The third-order valence-electron chi connectivity index (χ3n) is 3.14. The number of fused-ring (bicyclic) bond motifs is 1. The second kappa shape index (κ2) is 4.21. The molecule has 94 valence electrons. The fourth-order valence-electron chi connectivity index (χ4n) is 2.16. The van der Waals surface area contributed by atoms with E-state index in [4.69, 9.17) is 5.11 Å². The average Bonchev–Trinajstić information content (AvgIpc) is 2.99. The summed E-state index contributed by atoms with van der Waals surface area (Å²) in [4.78, 5) is 14.9. The van der Waals surface area contributed by atoms with Crippen LogP contribution in [0, 0.1) is 5.92 Å². The summed E-state index contributed by atoms with van der Waals surface area (Å²) < 4.78 is 3.52. The number of carboxylic acids is 1. The number of nitrogens with zero attached hydrogens (tertiary/aromatic N) is 6. The number of rotatable bonds is 3. The lowest BCUT2D eigenvalue weighted by Gasteiger charge is -2.20. The van der Waals surface area contributed by atoms with E-state index in [1.54, 1.807) is 11.0 Å². The van der Waals surface area contributed by atoms with E-state index < -0.39 is 5.97 Å². The molecule has 1 N–H and O–H groups in total. The molecule has 1 atom stereocenters. The number of aromatic nitrogens is 6. The fraction of sp³-hybridized carbons (Fsp3) is 0.500. The van der Waals surface area contributed by atoms with Crippen LogP contribution in [0.15, 0.2) is 12.7 Å². The molecule has 1 aliphatic heterocycles. The van der Waals surface area contributed by atoms with E-state index in [1.165, 1.54) is 6.33 Å². The third kappa shape index (κ3) is 1.85. The van der Waals surface area contributed by atoms with E-state index in [2.05, 4.69) is 20.3 Å². The lowest BCUT2D eigenvalue weighted by molar-refractivity contribution is -0.142. The topological polar surface area (TPSA) is 98.7 Å². The molecule has 0 amide bonds. The first kappa shape index (κ1) is 10.9. The molecule has 0 radical (unpaired) electrons. The van der Waals surface area contributed by atoms with Crippen molar-refractivity contribution >= 4 is 5.97 Å². The highest BCUT2D eigenvalue weighted by molar-refractivity contribution is 5.70. The Kier molecular flexibility index (Phi) is 2.54. The van der Waals surface area contributed by atoms with Crippen LogP contribution in [0.1, 0.15) is 18.1 Å². The van der Waals surface area contributed by atoms with Crippen molar-refractivity contribution in [2.75, 3.05) is 0 Å². The van der Waals surface area contributed by atoms with Crippen LogP contribution in [0.5, 0.6) is 0 Å². The van der Waals surface area contributed by atoms with Gasteiger partial charge in [0, 0.05) is 13.0 Å². The quantitative estimate of drug-likeness (QED) is 0.791. The zero-order chi connectivity index (χ0) is 12.5. The summed E-state index contributed by atoms with van der Waals surface area (Å²) >= 11 is 0. The number of carboxylic acid groups (broad SMARTS) is 1. The molecule has 0 saturated heterocycles. The van der Waals surface area contributed by atoms with Gasteiger partial charge in [-0.2, -0.15) is 5.10 Å². The van der Waals surface area contributed by atoms with Crippen LogP contribution in [0.4, 0.5) is 0 Å². The van der Waals surface area contributed by atoms with Gasteiger partial charge in [0.1, 0.15) is 25.0 Å². The molecule has 0 saturated carbocycles. The minimum Gasteiger partial charge on any atom is -0.481 e. The Balaban J connectivity index is 1.85. The van der Waals surface area contributed by atoms with Crippen molar-refractivity contribution in [2.24, 2.45) is 5.92 Å². The summed E-state index contributed by atoms with van der Waals surface area (Å²) in [6.07, 6.45) is 4.32. The van der Waals surface area contributed by atoms with Crippen LogP contribution in [-0.2, 0) is 24.3 Å². The van der Waals surface area contributed by atoms with Crippen molar-refractivity contribution in [3.05, 3.63) is 24.3 Å². The smallest absolute Gasteiger partial charge is 0.308 e. The van der Waals surface area contributed by atoms with Crippen LogP contribution in [0.3, 0.4) is 0 Å². The van der Waals surface area contributed by atoms with Gasteiger partial charge in [0.05, 0.1) is 5.92 Å². The van der Waals surface area contributed by atoms with Gasteiger partial charge in [0.2, 0.25) is 0 Å². The van der Waals surface area contributed by atoms with Crippen LogP contribution >= 0.6 is 0 Å². The van der Waals surface area contributed by atoms with Gasteiger partial charge in [0.25, 0.3) is 0 Å². The van der Waals surface area contributed by atoms with Gasteiger partial charge in [-0.1, -0.05) is 0 Å². The average molecular weight is 248 g/mol. The predicted octanol–water partition coefficient (Wildman–Crippen LogP) is -0.435. The highest BCUT2D eigenvalue weighted by atomic mass is 16.4. The van der Waals surface area contributed by atoms with E-state index in [9.17, 15) is 4.79 Å². The molecule has 2 aromatic rings. The molecule has 0 bridgehead atoms. The van der Waals surface area contributed by atoms with Gasteiger partial charge in [-0.3, -0.25) is 4.79 Å². The van der Waals surface area contributed by atoms with E-state index >= 15 is 0 Å². The van der Waals surface area contributed by atoms with Crippen LogP contribution in [0.25, 0.3) is 0 Å². The molecule has 1 unspecified atom stereocenters. The molecule has 3 heterocycles. The number of hydrogen-bond donors (Lipinski definition) is 1. The number of carbonyl (C=O) groups is 1. The van der Waals surface area contributed by atoms with Crippen molar-refractivity contribution < 1.29 is 9.90 Å². The van der Waals surface area contributed by atoms with E-state index in [-0.39, 0.29) is 5.92 Å². The van der Waals surface area contributed by atoms with Gasteiger partial charge in [-0.25, -0.2) is 9.67 Å². The molecule has 18 heavy (non-hydrogen) atoms. The van der Waals surface area contributed by atoms with Crippen molar-refractivity contribution in [2.45, 2.75) is 25.9 Å². The summed E-state index contributed by atoms with van der Waals surface area (Å²) in [6.45, 7) is 0.890. The number of hydrogen-bond acceptors (Lipinski definition) is 5. The van der Waals surface area contributed by atoms with Gasteiger partial charge in [-0.15, -0.1) is 10.2 Å². The summed E-state index contributed by atoms with van der Waals surface area (Å²) in [5.41, 5.74) is 0. The Labute approximate surface area is 102 Å². The lowest BCUT2D eigenvalue weighted by Crippen LogP contribution is -2.28. The van der Waals surface area contributed by atoms with Crippen molar-refractivity contribution in [3.8, 4) is 0 Å². The Bertz CT molecular complexity index is 561. The minimum absolute atomic E-state index is 0.358. The molecule has 1 aliphatic rings. The molecule has 3 rings (SSSR count). The normalized spacial score (nSPS) is 18.6. The summed E-state index contributed by atoms with van der Waals surface area (Å²) in [5.74, 6) is 0.452. The molecular weight excluding hydrogens is 236 g/mol. The van der Waals surface area contributed by atoms with Gasteiger partial charge in [-0.05, 0) is 6.42 Å². The molecule has 0 spiro atoms. The fourth-order valence-corrected chi connectivity index (χ4v) is 2.16. The summed E-state index contributed by atoms with van der Waals surface area (Å²) in [5, 5.41) is 21.3. The predicted molar refractivity (Wildman–Crippen MR) is 58.6 cm³/mol. The standard InChI is InChI=1S/C10H12N6O2/c17-10(18)7-1-2-8-13-14-9(16(8)3-7)4-15-6-11-5-12-15/h5-7H,1-4H2,(H,17,18). The second-order valence-electron chi connectivity index (χ2n) is 4.31. The zero-order valence-electron chi connectivity index (χ0n) is 9.60. The molecular formula is C10H12N6O2. The van der Waals surface area contributed by atoms with Crippen LogP contribution in [0.2, 0.25) is 0 Å². The molecule has 8 heteroatoms. The summed E-state index contributed by atoms with van der Waals surface area (Å²) in [7, 11) is 0. The zero-order valence-corrected chi connectivity index (χ0v) is 9.60. The third-order valence-corrected chi connectivity index (χ3v) is 3.14. The SMILES string of the molecule is O=C(O)C1CCc2nnc(Cn3cncn3)n2C1.